The minimum Gasteiger partial charge on any atom is -0.355 e. The van der Waals surface area contributed by atoms with Crippen LogP contribution in [0.15, 0.2) is 30.3 Å². The van der Waals surface area contributed by atoms with Gasteiger partial charge in [-0.2, -0.15) is 5.26 Å². The third-order valence-corrected chi connectivity index (χ3v) is 3.07. The lowest BCUT2D eigenvalue weighted by Crippen LogP contribution is -2.19. The van der Waals surface area contributed by atoms with E-state index in [1.54, 1.807) is 6.07 Å². The molecule has 2 aromatic rings. The quantitative estimate of drug-likeness (QED) is 0.681. The molecule has 1 aromatic carbocycles. The maximum atomic E-state index is 8.68. The number of anilines is 2. The molecule has 0 aliphatic carbocycles. The third-order valence-electron chi connectivity index (χ3n) is 3.07. The molecule has 1 aromatic heterocycles. The van der Waals surface area contributed by atoms with E-state index in [1.165, 1.54) is 11.1 Å². The molecule has 0 saturated heterocycles. The van der Waals surface area contributed by atoms with Crippen molar-refractivity contribution < 1.29 is 0 Å². The van der Waals surface area contributed by atoms with Crippen LogP contribution >= 0.6 is 0 Å². The first-order valence-electron chi connectivity index (χ1n) is 6.36. The van der Waals surface area contributed by atoms with Crippen molar-refractivity contribution in [2.24, 2.45) is 0 Å². The summed E-state index contributed by atoms with van der Waals surface area (Å²) in [6.07, 6.45) is 1.88. The first-order valence-corrected chi connectivity index (χ1v) is 6.36. The Morgan fingerprint density at radius 1 is 1.25 bits per heavy atom. The summed E-state index contributed by atoms with van der Waals surface area (Å²) in [7, 11) is 1.98. The number of hydrogen-bond donors (Lipinski definition) is 1. The Bertz CT molecular complexity index is 645. The zero-order chi connectivity index (χ0) is 14.5. The fourth-order valence-corrected chi connectivity index (χ4v) is 1.99. The Morgan fingerprint density at radius 2 is 2.00 bits per heavy atom. The average Bonchev–Trinajstić information content (AvgIpc) is 2.41. The molecule has 1 N–H and O–H groups in total. The number of nitrogens with zero attached hydrogens (tertiary/aromatic N) is 4. The van der Waals surface area contributed by atoms with Crippen LogP contribution in [0.25, 0.3) is 0 Å². The molecule has 0 unspecified atom stereocenters. The van der Waals surface area contributed by atoms with E-state index in [9.17, 15) is 0 Å². The Balaban J connectivity index is 2.23. The van der Waals surface area contributed by atoms with Crippen molar-refractivity contribution in [3.8, 4) is 6.19 Å². The second-order valence-corrected chi connectivity index (χ2v) is 4.68. The van der Waals surface area contributed by atoms with Crippen LogP contribution < -0.4 is 10.2 Å². The maximum Gasteiger partial charge on any atom is 0.182 e. The van der Waals surface area contributed by atoms with Gasteiger partial charge in [-0.15, -0.1) is 0 Å². The van der Waals surface area contributed by atoms with Crippen molar-refractivity contribution in [1.29, 1.82) is 5.26 Å². The van der Waals surface area contributed by atoms with Gasteiger partial charge >= 0.3 is 0 Å². The molecule has 20 heavy (non-hydrogen) atoms. The van der Waals surface area contributed by atoms with Gasteiger partial charge in [0.2, 0.25) is 0 Å². The predicted octanol–water partition coefficient (Wildman–Crippen LogP) is 2.62. The lowest BCUT2D eigenvalue weighted by Gasteiger charge is -2.20. The molecule has 0 aliphatic heterocycles. The highest BCUT2D eigenvalue weighted by molar-refractivity contribution is 5.51. The number of rotatable bonds is 4. The van der Waals surface area contributed by atoms with Crippen molar-refractivity contribution in [2.75, 3.05) is 17.3 Å². The van der Waals surface area contributed by atoms with E-state index in [0.29, 0.717) is 11.6 Å². The van der Waals surface area contributed by atoms with Gasteiger partial charge in [-0.3, -0.25) is 5.32 Å². The van der Waals surface area contributed by atoms with Gasteiger partial charge in [-0.1, -0.05) is 24.3 Å². The molecule has 0 bridgehead atoms. The predicted molar refractivity (Wildman–Crippen MR) is 79.3 cm³/mol. The van der Waals surface area contributed by atoms with Crippen LogP contribution in [0.4, 0.5) is 11.6 Å². The standard InChI is InChI=1S/C15H17N5/c1-11-6-4-5-7-13(11)9-20(3)15-8-14(17-10-16)18-12(2)19-15/h4-8H,9H2,1-3H3,(H,17,18,19). The first-order chi connectivity index (χ1) is 9.60. The molecule has 0 saturated carbocycles. The third kappa shape index (κ3) is 3.23. The van der Waals surface area contributed by atoms with Crippen LogP contribution in [0.1, 0.15) is 17.0 Å². The van der Waals surface area contributed by atoms with Crippen LogP contribution in [0.5, 0.6) is 0 Å². The van der Waals surface area contributed by atoms with E-state index in [-0.39, 0.29) is 0 Å². The topological polar surface area (TPSA) is 64.8 Å². The second kappa shape index (κ2) is 6.02. The molecule has 2 rings (SSSR count). The summed E-state index contributed by atoms with van der Waals surface area (Å²) in [4.78, 5) is 10.6. The summed E-state index contributed by atoms with van der Waals surface area (Å²) in [5.41, 5.74) is 2.50. The van der Waals surface area contributed by atoms with Crippen molar-refractivity contribution in [2.45, 2.75) is 20.4 Å². The van der Waals surface area contributed by atoms with Crippen LogP contribution in [0.2, 0.25) is 0 Å². The Morgan fingerprint density at radius 3 is 2.70 bits per heavy atom. The van der Waals surface area contributed by atoms with Crippen LogP contribution in [0, 0.1) is 25.3 Å². The fourth-order valence-electron chi connectivity index (χ4n) is 1.99. The summed E-state index contributed by atoms with van der Waals surface area (Å²) in [6.45, 7) is 4.67. The molecule has 0 radical (unpaired) electrons. The van der Waals surface area contributed by atoms with Crippen molar-refractivity contribution in [3.63, 3.8) is 0 Å². The van der Waals surface area contributed by atoms with E-state index in [1.807, 2.05) is 37.2 Å². The molecule has 0 aliphatic rings. The Hall–Kier alpha value is -2.61. The van der Waals surface area contributed by atoms with Gasteiger partial charge in [0.05, 0.1) is 0 Å². The summed E-state index contributed by atoms with van der Waals surface area (Å²) in [5, 5.41) is 11.2. The van der Waals surface area contributed by atoms with Gasteiger partial charge in [-0.25, -0.2) is 9.97 Å². The maximum absolute atomic E-state index is 8.68. The van der Waals surface area contributed by atoms with Gasteiger partial charge in [-0.05, 0) is 25.0 Å². The minimum absolute atomic E-state index is 0.520. The van der Waals surface area contributed by atoms with Crippen LogP contribution in [-0.4, -0.2) is 17.0 Å². The summed E-state index contributed by atoms with van der Waals surface area (Å²) in [6, 6.07) is 10.0. The molecule has 0 atom stereocenters. The SMILES string of the molecule is Cc1nc(NC#N)cc(N(C)Cc2ccccc2C)n1. The molecule has 102 valence electrons. The Kier molecular flexibility index (Phi) is 4.16. The lowest BCUT2D eigenvalue weighted by molar-refractivity contribution is 0.875. The average molecular weight is 267 g/mol. The highest BCUT2D eigenvalue weighted by Gasteiger charge is 2.08. The summed E-state index contributed by atoms with van der Waals surface area (Å²) >= 11 is 0. The molecule has 1 heterocycles. The van der Waals surface area contributed by atoms with Gasteiger partial charge in [0.1, 0.15) is 17.5 Å². The van der Waals surface area contributed by atoms with Gasteiger partial charge in [0.25, 0.3) is 0 Å². The molecular formula is C15H17N5. The minimum atomic E-state index is 0.520. The van der Waals surface area contributed by atoms with Crippen molar-refractivity contribution in [1.82, 2.24) is 9.97 Å². The largest absolute Gasteiger partial charge is 0.355 e. The highest BCUT2D eigenvalue weighted by Crippen LogP contribution is 2.18. The number of aryl methyl sites for hydroxylation is 2. The second-order valence-electron chi connectivity index (χ2n) is 4.68. The number of nitriles is 1. The van der Waals surface area contributed by atoms with E-state index >= 15 is 0 Å². The van der Waals surface area contributed by atoms with E-state index in [0.717, 1.165) is 12.4 Å². The van der Waals surface area contributed by atoms with E-state index < -0.39 is 0 Å². The molecule has 5 heteroatoms. The molecule has 0 fully saturated rings. The van der Waals surface area contributed by atoms with Crippen molar-refractivity contribution in [3.05, 3.63) is 47.3 Å². The zero-order valence-electron chi connectivity index (χ0n) is 11.9. The summed E-state index contributed by atoms with van der Waals surface area (Å²) in [5.74, 6) is 1.95. The van der Waals surface area contributed by atoms with E-state index in [2.05, 4.69) is 34.3 Å². The number of aromatic nitrogens is 2. The number of nitrogens with one attached hydrogen (secondary N) is 1. The smallest absolute Gasteiger partial charge is 0.182 e. The molecule has 5 nitrogen and oxygen atoms in total. The zero-order valence-corrected chi connectivity index (χ0v) is 11.9. The lowest BCUT2D eigenvalue weighted by atomic mass is 10.1. The molecular weight excluding hydrogens is 250 g/mol. The number of benzene rings is 1. The van der Waals surface area contributed by atoms with E-state index in [4.69, 9.17) is 5.26 Å². The molecule has 0 spiro atoms. The number of hydrogen-bond acceptors (Lipinski definition) is 5. The van der Waals surface area contributed by atoms with Crippen molar-refractivity contribution >= 4 is 11.6 Å². The molecule has 0 amide bonds. The normalized spacial score (nSPS) is 9.90. The monoisotopic (exact) mass is 267 g/mol. The van der Waals surface area contributed by atoms with Gasteiger partial charge in [0.15, 0.2) is 6.19 Å². The fraction of sp³-hybridized carbons (Fsp3) is 0.267. The Labute approximate surface area is 118 Å². The van der Waals surface area contributed by atoms with Gasteiger partial charge in [0, 0.05) is 19.7 Å². The first kappa shape index (κ1) is 13.8. The van der Waals surface area contributed by atoms with Crippen LogP contribution in [0.3, 0.4) is 0 Å². The van der Waals surface area contributed by atoms with Gasteiger partial charge < -0.3 is 4.90 Å². The highest BCUT2D eigenvalue weighted by atomic mass is 15.2. The summed E-state index contributed by atoms with van der Waals surface area (Å²) < 4.78 is 0. The van der Waals surface area contributed by atoms with Crippen LogP contribution in [-0.2, 0) is 6.54 Å².